The molecule has 2 rings (SSSR count). The van der Waals surface area contributed by atoms with Crippen LogP contribution in [0.25, 0.3) is 0 Å². The standard InChI is InChI=1S/C13H17Cl2N3O/c1-17-13(19)8-2-4-18(5-3-8)12-7-10(15)9(14)6-11(12)16/h6-8H,2-5,16H2,1H3,(H,17,19). The number of nitrogens with one attached hydrogen (secondary N) is 1. The lowest BCUT2D eigenvalue weighted by Crippen LogP contribution is -2.39. The first-order valence-corrected chi connectivity index (χ1v) is 6.99. The van der Waals surface area contributed by atoms with E-state index in [1.807, 2.05) is 0 Å². The summed E-state index contributed by atoms with van der Waals surface area (Å²) >= 11 is 12.0. The van der Waals surface area contributed by atoms with Gasteiger partial charge in [-0.05, 0) is 25.0 Å². The van der Waals surface area contributed by atoms with Crippen LogP contribution in [-0.2, 0) is 4.79 Å². The number of carbonyl (C=O) groups is 1. The molecule has 3 N–H and O–H groups in total. The van der Waals surface area contributed by atoms with Crippen molar-refractivity contribution in [2.24, 2.45) is 5.92 Å². The van der Waals surface area contributed by atoms with E-state index in [9.17, 15) is 4.79 Å². The Morgan fingerprint density at radius 2 is 1.89 bits per heavy atom. The molecule has 0 atom stereocenters. The Labute approximate surface area is 122 Å². The summed E-state index contributed by atoms with van der Waals surface area (Å²) < 4.78 is 0. The molecular weight excluding hydrogens is 285 g/mol. The number of benzene rings is 1. The topological polar surface area (TPSA) is 58.4 Å². The fourth-order valence-electron chi connectivity index (χ4n) is 2.41. The zero-order valence-electron chi connectivity index (χ0n) is 10.7. The number of hydrogen-bond acceptors (Lipinski definition) is 3. The van der Waals surface area contributed by atoms with E-state index in [1.54, 1.807) is 19.2 Å². The molecule has 104 valence electrons. The van der Waals surface area contributed by atoms with E-state index >= 15 is 0 Å². The van der Waals surface area contributed by atoms with Crippen molar-refractivity contribution in [3.8, 4) is 0 Å². The first-order valence-electron chi connectivity index (χ1n) is 6.24. The predicted octanol–water partition coefficient (Wildman–Crippen LogP) is 2.54. The van der Waals surface area contributed by atoms with Gasteiger partial charge in [-0.3, -0.25) is 4.79 Å². The Morgan fingerprint density at radius 3 is 2.47 bits per heavy atom. The van der Waals surface area contributed by atoms with Crippen LogP contribution in [0.3, 0.4) is 0 Å². The summed E-state index contributed by atoms with van der Waals surface area (Å²) in [7, 11) is 1.67. The van der Waals surface area contributed by atoms with Crippen LogP contribution in [-0.4, -0.2) is 26.0 Å². The molecule has 0 saturated carbocycles. The second kappa shape index (κ2) is 5.88. The molecule has 1 aromatic carbocycles. The summed E-state index contributed by atoms with van der Waals surface area (Å²) in [5.41, 5.74) is 7.49. The van der Waals surface area contributed by atoms with E-state index in [0.717, 1.165) is 31.6 Å². The van der Waals surface area contributed by atoms with Gasteiger partial charge in [0.25, 0.3) is 0 Å². The van der Waals surface area contributed by atoms with Crippen LogP contribution in [0.1, 0.15) is 12.8 Å². The minimum absolute atomic E-state index is 0.0882. The third-order valence-corrected chi connectivity index (χ3v) is 4.24. The van der Waals surface area contributed by atoms with Gasteiger partial charge in [0.1, 0.15) is 0 Å². The molecule has 1 saturated heterocycles. The van der Waals surface area contributed by atoms with Gasteiger partial charge >= 0.3 is 0 Å². The van der Waals surface area contributed by atoms with Crippen molar-refractivity contribution in [2.45, 2.75) is 12.8 Å². The SMILES string of the molecule is CNC(=O)C1CCN(c2cc(Cl)c(Cl)cc2N)CC1. The number of piperidine rings is 1. The molecule has 1 aliphatic heterocycles. The zero-order valence-corrected chi connectivity index (χ0v) is 12.3. The number of nitrogen functional groups attached to an aromatic ring is 1. The molecular formula is C13H17Cl2N3O. The molecule has 0 radical (unpaired) electrons. The first-order chi connectivity index (χ1) is 9.02. The lowest BCUT2D eigenvalue weighted by molar-refractivity contribution is -0.125. The fraction of sp³-hybridized carbons (Fsp3) is 0.462. The summed E-state index contributed by atoms with van der Waals surface area (Å²) in [5.74, 6) is 0.201. The number of anilines is 2. The summed E-state index contributed by atoms with van der Waals surface area (Å²) in [6.07, 6.45) is 1.64. The molecule has 0 aromatic heterocycles. The van der Waals surface area contributed by atoms with Crippen molar-refractivity contribution in [1.29, 1.82) is 0 Å². The highest BCUT2D eigenvalue weighted by molar-refractivity contribution is 6.42. The van der Waals surface area contributed by atoms with Crippen LogP contribution in [0, 0.1) is 5.92 Å². The van der Waals surface area contributed by atoms with Gasteiger partial charge < -0.3 is 16.0 Å². The number of nitrogens with zero attached hydrogens (tertiary/aromatic N) is 1. The van der Waals surface area contributed by atoms with Crippen LogP contribution in [0.2, 0.25) is 10.0 Å². The van der Waals surface area contributed by atoms with Crippen LogP contribution in [0.15, 0.2) is 12.1 Å². The van der Waals surface area contributed by atoms with Crippen molar-refractivity contribution in [3.63, 3.8) is 0 Å². The average molecular weight is 302 g/mol. The molecule has 6 heteroatoms. The van der Waals surface area contributed by atoms with Gasteiger partial charge in [0, 0.05) is 26.1 Å². The first kappa shape index (κ1) is 14.3. The fourth-order valence-corrected chi connectivity index (χ4v) is 2.74. The molecule has 1 heterocycles. The Hall–Kier alpha value is -1.13. The summed E-state index contributed by atoms with van der Waals surface area (Å²) in [6, 6.07) is 3.46. The summed E-state index contributed by atoms with van der Waals surface area (Å²) in [4.78, 5) is 13.7. The molecule has 19 heavy (non-hydrogen) atoms. The maximum Gasteiger partial charge on any atom is 0.222 e. The third kappa shape index (κ3) is 3.07. The molecule has 1 aromatic rings. The third-order valence-electron chi connectivity index (χ3n) is 3.52. The Morgan fingerprint density at radius 1 is 1.32 bits per heavy atom. The summed E-state index contributed by atoms with van der Waals surface area (Å²) in [6.45, 7) is 1.58. The van der Waals surface area contributed by atoms with Crippen molar-refractivity contribution in [3.05, 3.63) is 22.2 Å². The van der Waals surface area contributed by atoms with Gasteiger partial charge in [0.05, 0.1) is 21.4 Å². The van der Waals surface area contributed by atoms with Gasteiger partial charge in [-0.15, -0.1) is 0 Å². The Bertz CT molecular complexity index is 485. The van der Waals surface area contributed by atoms with Crippen LogP contribution < -0.4 is 16.0 Å². The minimum atomic E-state index is 0.0882. The summed E-state index contributed by atoms with van der Waals surface area (Å²) in [5, 5.41) is 3.66. The molecule has 0 bridgehead atoms. The second-order valence-corrected chi connectivity index (χ2v) is 5.52. The van der Waals surface area contributed by atoms with Crippen LogP contribution in [0.5, 0.6) is 0 Å². The number of amides is 1. The van der Waals surface area contributed by atoms with Crippen LogP contribution in [0.4, 0.5) is 11.4 Å². The van der Waals surface area contributed by atoms with Gasteiger partial charge in [0.15, 0.2) is 0 Å². The molecule has 0 spiro atoms. The quantitative estimate of drug-likeness (QED) is 0.825. The maximum atomic E-state index is 11.6. The smallest absolute Gasteiger partial charge is 0.222 e. The largest absolute Gasteiger partial charge is 0.397 e. The maximum absolute atomic E-state index is 11.6. The molecule has 4 nitrogen and oxygen atoms in total. The molecule has 1 aliphatic rings. The van der Waals surface area contributed by atoms with E-state index in [2.05, 4.69) is 10.2 Å². The molecule has 1 amide bonds. The zero-order chi connectivity index (χ0) is 14.0. The van der Waals surface area contributed by atoms with Crippen molar-refractivity contribution < 1.29 is 4.79 Å². The van der Waals surface area contributed by atoms with Crippen molar-refractivity contribution >= 4 is 40.5 Å². The van der Waals surface area contributed by atoms with Gasteiger partial charge in [0.2, 0.25) is 5.91 Å². The normalized spacial score (nSPS) is 16.5. The lowest BCUT2D eigenvalue weighted by Gasteiger charge is -2.33. The second-order valence-electron chi connectivity index (χ2n) is 4.70. The highest BCUT2D eigenvalue weighted by Gasteiger charge is 2.25. The number of nitrogens with two attached hydrogens (primary N) is 1. The van der Waals surface area contributed by atoms with Crippen LogP contribution >= 0.6 is 23.2 Å². The minimum Gasteiger partial charge on any atom is -0.397 e. The van der Waals surface area contributed by atoms with E-state index in [4.69, 9.17) is 28.9 Å². The monoisotopic (exact) mass is 301 g/mol. The van der Waals surface area contributed by atoms with E-state index in [-0.39, 0.29) is 11.8 Å². The van der Waals surface area contributed by atoms with E-state index < -0.39 is 0 Å². The molecule has 1 fully saturated rings. The van der Waals surface area contributed by atoms with Crippen molar-refractivity contribution in [1.82, 2.24) is 5.32 Å². The number of halogens is 2. The van der Waals surface area contributed by atoms with Gasteiger partial charge in [-0.25, -0.2) is 0 Å². The number of rotatable bonds is 2. The molecule has 0 aliphatic carbocycles. The lowest BCUT2D eigenvalue weighted by atomic mass is 9.95. The van der Waals surface area contributed by atoms with Crippen molar-refractivity contribution in [2.75, 3.05) is 30.8 Å². The molecule has 0 unspecified atom stereocenters. The Balaban J connectivity index is 2.10. The average Bonchev–Trinajstić information content (AvgIpc) is 2.42. The number of carbonyl (C=O) groups excluding carboxylic acids is 1. The van der Waals surface area contributed by atoms with E-state index in [0.29, 0.717) is 15.7 Å². The van der Waals surface area contributed by atoms with E-state index in [1.165, 1.54) is 0 Å². The highest BCUT2D eigenvalue weighted by atomic mass is 35.5. The van der Waals surface area contributed by atoms with Gasteiger partial charge in [-0.2, -0.15) is 0 Å². The highest BCUT2D eigenvalue weighted by Crippen LogP contribution is 2.34. The number of hydrogen-bond donors (Lipinski definition) is 2. The van der Waals surface area contributed by atoms with Gasteiger partial charge in [-0.1, -0.05) is 23.2 Å². The predicted molar refractivity (Wildman–Crippen MR) is 79.9 cm³/mol. The Kier molecular flexibility index (Phi) is 4.42.